The van der Waals surface area contributed by atoms with Crippen LogP contribution in [0.3, 0.4) is 0 Å². The van der Waals surface area contributed by atoms with Gasteiger partial charge >= 0.3 is 5.97 Å². The predicted octanol–water partition coefficient (Wildman–Crippen LogP) is 2.15. The number of carboxylic acid groups (broad SMARTS) is 1. The predicted molar refractivity (Wildman–Crippen MR) is 69.3 cm³/mol. The van der Waals surface area contributed by atoms with E-state index < -0.39 is 5.97 Å². The maximum Gasteiger partial charge on any atom is 0.306 e. The van der Waals surface area contributed by atoms with E-state index in [9.17, 15) is 9.59 Å². The number of aliphatic carboxylic acids is 1. The van der Waals surface area contributed by atoms with Crippen LogP contribution >= 0.6 is 15.9 Å². The Labute approximate surface area is 113 Å². The molecule has 2 rings (SSSR count). The van der Waals surface area contributed by atoms with Gasteiger partial charge in [0.1, 0.15) is 5.69 Å². The summed E-state index contributed by atoms with van der Waals surface area (Å²) in [6.45, 7) is 0. The zero-order valence-electron chi connectivity index (χ0n) is 9.78. The standard InChI is InChI=1S/C12H15BrN2O3/c13-8-5-10(14-6-8)11(16)15-9-3-1-2-7(4-9)12(17)18/h5-7,9,14H,1-4H2,(H,15,16)(H,17,18). The van der Waals surface area contributed by atoms with Gasteiger partial charge in [-0.3, -0.25) is 9.59 Å². The van der Waals surface area contributed by atoms with E-state index in [-0.39, 0.29) is 17.9 Å². The van der Waals surface area contributed by atoms with E-state index in [1.165, 1.54) is 0 Å². The molecule has 1 aliphatic carbocycles. The average Bonchev–Trinajstić information content (AvgIpc) is 2.76. The van der Waals surface area contributed by atoms with Crippen LogP contribution in [0.4, 0.5) is 0 Å². The number of H-pyrrole nitrogens is 1. The molecule has 0 radical (unpaired) electrons. The largest absolute Gasteiger partial charge is 0.481 e. The molecule has 6 heteroatoms. The number of rotatable bonds is 3. The number of aromatic nitrogens is 1. The van der Waals surface area contributed by atoms with Gasteiger partial charge in [0, 0.05) is 16.7 Å². The quantitative estimate of drug-likeness (QED) is 0.799. The molecule has 2 atom stereocenters. The first-order valence-electron chi connectivity index (χ1n) is 5.94. The average molecular weight is 315 g/mol. The molecule has 1 fully saturated rings. The van der Waals surface area contributed by atoms with Crippen molar-refractivity contribution in [2.24, 2.45) is 5.92 Å². The first-order chi connectivity index (χ1) is 8.56. The van der Waals surface area contributed by atoms with Gasteiger partial charge in [-0.05, 0) is 41.3 Å². The van der Waals surface area contributed by atoms with Crippen LogP contribution in [0.5, 0.6) is 0 Å². The molecule has 5 nitrogen and oxygen atoms in total. The van der Waals surface area contributed by atoms with Gasteiger partial charge < -0.3 is 15.4 Å². The molecule has 1 heterocycles. The van der Waals surface area contributed by atoms with Crippen molar-refractivity contribution >= 4 is 27.8 Å². The number of halogens is 1. The van der Waals surface area contributed by atoms with Crippen LogP contribution in [-0.2, 0) is 4.79 Å². The topological polar surface area (TPSA) is 82.2 Å². The molecule has 2 unspecified atom stereocenters. The third-order valence-electron chi connectivity index (χ3n) is 3.25. The second-order valence-electron chi connectivity index (χ2n) is 4.60. The Balaban J connectivity index is 1.93. The molecule has 0 spiro atoms. The highest BCUT2D eigenvalue weighted by Gasteiger charge is 2.28. The van der Waals surface area contributed by atoms with Crippen LogP contribution < -0.4 is 5.32 Å². The van der Waals surface area contributed by atoms with Crippen molar-refractivity contribution in [2.75, 3.05) is 0 Å². The Bertz CT molecular complexity index is 458. The van der Waals surface area contributed by atoms with Crippen LogP contribution in [0, 0.1) is 5.92 Å². The second kappa shape index (κ2) is 5.56. The van der Waals surface area contributed by atoms with Crippen molar-refractivity contribution in [3.8, 4) is 0 Å². The fourth-order valence-electron chi connectivity index (χ4n) is 2.31. The van der Waals surface area contributed by atoms with E-state index in [1.54, 1.807) is 12.3 Å². The Hall–Kier alpha value is -1.30. The minimum Gasteiger partial charge on any atom is -0.481 e. The van der Waals surface area contributed by atoms with Gasteiger partial charge in [0.05, 0.1) is 5.92 Å². The fraction of sp³-hybridized carbons (Fsp3) is 0.500. The summed E-state index contributed by atoms with van der Waals surface area (Å²) in [6.07, 6.45) is 4.60. The maximum atomic E-state index is 11.9. The summed E-state index contributed by atoms with van der Waals surface area (Å²) in [5, 5.41) is 11.9. The highest BCUT2D eigenvalue weighted by atomic mass is 79.9. The minimum atomic E-state index is -0.767. The number of aromatic amines is 1. The fourth-order valence-corrected chi connectivity index (χ4v) is 2.65. The smallest absolute Gasteiger partial charge is 0.306 e. The molecule has 0 bridgehead atoms. The monoisotopic (exact) mass is 314 g/mol. The molecule has 1 amide bonds. The molecule has 98 valence electrons. The molecule has 3 N–H and O–H groups in total. The van der Waals surface area contributed by atoms with Crippen LogP contribution in [0.15, 0.2) is 16.7 Å². The molecular weight excluding hydrogens is 300 g/mol. The van der Waals surface area contributed by atoms with Crippen molar-refractivity contribution in [3.05, 3.63) is 22.4 Å². The van der Waals surface area contributed by atoms with Crippen molar-refractivity contribution < 1.29 is 14.7 Å². The van der Waals surface area contributed by atoms with Crippen LogP contribution in [-0.4, -0.2) is 28.0 Å². The number of amides is 1. The number of nitrogens with one attached hydrogen (secondary N) is 2. The number of hydrogen-bond acceptors (Lipinski definition) is 2. The highest BCUT2D eigenvalue weighted by molar-refractivity contribution is 9.10. The minimum absolute atomic E-state index is 0.0468. The van der Waals surface area contributed by atoms with E-state index in [0.717, 1.165) is 17.3 Å². The lowest BCUT2D eigenvalue weighted by molar-refractivity contribution is -0.143. The molecular formula is C12H15BrN2O3. The zero-order valence-corrected chi connectivity index (χ0v) is 11.4. The summed E-state index contributed by atoms with van der Waals surface area (Å²) in [7, 11) is 0. The van der Waals surface area contributed by atoms with Crippen LogP contribution in [0.25, 0.3) is 0 Å². The normalized spacial score (nSPS) is 23.6. The van der Waals surface area contributed by atoms with Gasteiger partial charge in [-0.1, -0.05) is 6.42 Å². The summed E-state index contributed by atoms with van der Waals surface area (Å²) >= 11 is 3.27. The molecule has 1 aromatic heterocycles. The SMILES string of the molecule is O=C(NC1CCCC(C(=O)O)C1)c1cc(Br)c[nH]1. The summed E-state index contributed by atoms with van der Waals surface area (Å²) in [4.78, 5) is 25.7. The van der Waals surface area contributed by atoms with E-state index >= 15 is 0 Å². The van der Waals surface area contributed by atoms with Gasteiger partial charge in [-0.2, -0.15) is 0 Å². The van der Waals surface area contributed by atoms with Crippen molar-refractivity contribution in [1.82, 2.24) is 10.3 Å². The zero-order chi connectivity index (χ0) is 13.1. The van der Waals surface area contributed by atoms with Gasteiger partial charge in [0.2, 0.25) is 0 Å². The van der Waals surface area contributed by atoms with Gasteiger partial charge in [0.25, 0.3) is 5.91 Å². The summed E-state index contributed by atoms with van der Waals surface area (Å²) < 4.78 is 0.819. The molecule has 1 aliphatic rings. The Morgan fingerprint density at radius 2 is 2.22 bits per heavy atom. The molecule has 1 saturated carbocycles. The Morgan fingerprint density at radius 3 is 2.83 bits per heavy atom. The summed E-state index contributed by atoms with van der Waals surface area (Å²) in [5.41, 5.74) is 0.485. The molecule has 0 saturated heterocycles. The lowest BCUT2D eigenvalue weighted by Crippen LogP contribution is -2.40. The number of carbonyl (C=O) groups is 2. The molecule has 18 heavy (non-hydrogen) atoms. The van der Waals surface area contributed by atoms with Crippen molar-refractivity contribution in [3.63, 3.8) is 0 Å². The Morgan fingerprint density at radius 1 is 1.44 bits per heavy atom. The van der Waals surface area contributed by atoms with Crippen molar-refractivity contribution in [2.45, 2.75) is 31.7 Å². The first-order valence-corrected chi connectivity index (χ1v) is 6.73. The summed E-state index contributed by atoms with van der Waals surface area (Å²) in [6, 6.07) is 1.65. The molecule has 0 aliphatic heterocycles. The summed E-state index contributed by atoms with van der Waals surface area (Å²) in [5.74, 6) is -1.28. The van der Waals surface area contributed by atoms with E-state index in [0.29, 0.717) is 18.5 Å². The second-order valence-corrected chi connectivity index (χ2v) is 5.52. The number of carboxylic acids is 1. The van der Waals surface area contributed by atoms with E-state index in [2.05, 4.69) is 26.2 Å². The highest BCUT2D eigenvalue weighted by Crippen LogP contribution is 2.24. The first kappa shape index (κ1) is 13.1. The van der Waals surface area contributed by atoms with Crippen LogP contribution in [0.2, 0.25) is 0 Å². The van der Waals surface area contributed by atoms with Gasteiger partial charge in [0.15, 0.2) is 0 Å². The van der Waals surface area contributed by atoms with E-state index in [1.807, 2.05) is 0 Å². The third-order valence-corrected chi connectivity index (χ3v) is 3.71. The van der Waals surface area contributed by atoms with Crippen LogP contribution in [0.1, 0.15) is 36.2 Å². The molecule has 1 aromatic rings. The van der Waals surface area contributed by atoms with Gasteiger partial charge in [-0.15, -0.1) is 0 Å². The Kier molecular flexibility index (Phi) is 4.06. The lowest BCUT2D eigenvalue weighted by atomic mass is 9.86. The maximum absolute atomic E-state index is 11.9. The van der Waals surface area contributed by atoms with Crippen molar-refractivity contribution in [1.29, 1.82) is 0 Å². The third kappa shape index (κ3) is 3.13. The number of hydrogen-bond donors (Lipinski definition) is 3. The molecule has 0 aromatic carbocycles. The van der Waals surface area contributed by atoms with E-state index in [4.69, 9.17) is 5.11 Å². The number of carbonyl (C=O) groups excluding carboxylic acids is 1. The lowest BCUT2D eigenvalue weighted by Gasteiger charge is -2.27. The van der Waals surface area contributed by atoms with Gasteiger partial charge in [-0.25, -0.2) is 0 Å².